The van der Waals surface area contributed by atoms with E-state index in [2.05, 4.69) is 0 Å². The van der Waals surface area contributed by atoms with Gasteiger partial charge in [0.25, 0.3) is 0 Å². The molecule has 0 unspecified atom stereocenters. The zero-order valence-corrected chi connectivity index (χ0v) is 18.4. The van der Waals surface area contributed by atoms with Crippen molar-refractivity contribution in [2.45, 2.75) is 43.8 Å². The molecule has 0 amide bonds. The van der Waals surface area contributed by atoms with E-state index in [1.165, 1.54) is 14.2 Å². The van der Waals surface area contributed by atoms with Gasteiger partial charge in [-0.3, -0.25) is 9.59 Å². The summed E-state index contributed by atoms with van der Waals surface area (Å²) in [6.07, 6.45) is 0.651. The maximum absolute atomic E-state index is 13.0. The van der Waals surface area contributed by atoms with Crippen molar-refractivity contribution in [1.29, 1.82) is 0 Å². The molecular weight excluding hydrogens is 392 g/mol. The molecule has 2 fully saturated rings. The lowest BCUT2D eigenvalue weighted by molar-refractivity contribution is -0.173. The van der Waals surface area contributed by atoms with Crippen LogP contribution in [0.4, 0.5) is 0 Å². The number of fused-ring (bicyclic) bond motifs is 4. The summed E-state index contributed by atoms with van der Waals surface area (Å²) >= 11 is 0. The van der Waals surface area contributed by atoms with E-state index in [-0.39, 0.29) is 12.3 Å². The molecule has 0 aromatic heterocycles. The lowest BCUT2D eigenvalue weighted by Gasteiger charge is -2.43. The highest BCUT2D eigenvalue weighted by Gasteiger charge is 2.77. The first-order chi connectivity index (χ1) is 14.2. The van der Waals surface area contributed by atoms with E-state index in [9.17, 15) is 9.59 Å². The third kappa shape index (κ3) is 2.20. The fourth-order valence-electron chi connectivity index (χ4n) is 6.30. The smallest absolute Gasteiger partial charge is 0.323 e. The van der Waals surface area contributed by atoms with Crippen LogP contribution < -0.4 is 14.2 Å². The van der Waals surface area contributed by atoms with Crippen molar-refractivity contribution in [2.24, 2.45) is 11.3 Å². The molecule has 2 aliphatic heterocycles. The highest BCUT2D eigenvalue weighted by Crippen LogP contribution is 2.73. The number of rotatable bonds is 5. The van der Waals surface area contributed by atoms with E-state index in [1.54, 1.807) is 21.3 Å². The molecule has 0 spiro atoms. The SMILES string of the molecule is COC(=O)C1(C(=O)OC)C[C@H]2c3cc(OC)c(OC)c(OC)c3[C@@]3(C)C[C@@H]1[C@]2(C)O3. The lowest BCUT2D eigenvalue weighted by atomic mass is 9.70. The summed E-state index contributed by atoms with van der Waals surface area (Å²) < 4.78 is 33.8. The summed E-state index contributed by atoms with van der Waals surface area (Å²) in [5.74, 6) is -0.303. The van der Waals surface area contributed by atoms with Crippen molar-refractivity contribution < 1.29 is 38.0 Å². The van der Waals surface area contributed by atoms with Gasteiger partial charge in [-0.2, -0.15) is 0 Å². The van der Waals surface area contributed by atoms with Gasteiger partial charge in [0.2, 0.25) is 5.75 Å². The molecule has 2 bridgehead atoms. The highest BCUT2D eigenvalue weighted by atomic mass is 16.6. The van der Waals surface area contributed by atoms with Crippen LogP contribution in [0.1, 0.15) is 43.7 Å². The van der Waals surface area contributed by atoms with Crippen LogP contribution in [0.15, 0.2) is 6.07 Å². The number of hydrogen-bond acceptors (Lipinski definition) is 8. The lowest BCUT2D eigenvalue weighted by Crippen LogP contribution is -2.47. The predicted octanol–water partition coefficient (Wildman–Crippen LogP) is 2.56. The summed E-state index contributed by atoms with van der Waals surface area (Å²) in [5, 5.41) is 0. The maximum atomic E-state index is 13.0. The van der Waals surface area contributed by atoms with Crippen LogP contribution in [0.25, 0.3) is 0 Å². The molecule has 30 heavy (non-hydrogen) atoms. The van der Waals surface area contributed by atoms with Crippen LogP contribution in [0.2, 0.25) is 0 Å². The Hall–Kier alpha value is -2.48. The van der Waals surface area contributed by atoms with Crippen molar-refractivity contribution in [3.05, 3.63) is 17.2 Å². The fourth-order valence-corrected chi connectivity index (χ4v) is 6.30. The summed E-state index contributed by atoms with van der Waals surface area (Å²) in [6.45, 7) is 3.92. The molecule has 0 N–H and O–H groups in total. The van der Waals surface area contributed by atoms with Gasteiger partial charge in [0.05, 0.1) is 46.8 Å². The van der Waals surface area contributed by atoms with Gasteiger partial charge in [0.15, 0.2) is 16.9 Å². The summed E-state index contributed by atoms with van der Waals surface area (Å²) in [4.78, 5) is 26.0. The van der Waals surface area contributed by atoms with Crippen LogP contribution in [0.3, 0.4) is 0 Å². The Kier molecular flexibility index (Phi) is 4.51. The Bertz CT molecular complexity index is 908. The third-order valence-electron chi connectivity index (χ3n) is 7.41. The zero-order chi connectivity index (χ0) is 22.1. The number of carbonyl (C=O) groups excluding carboxylic acids is 2. The zero-order valence-electron chi connectivity index (χ0n) is 18.4. The minimum Gasteiger partial charge on any atom is -0.493 e. The molecule has 0 radical (unpaired) electrons. The summed E-state index contributed by atoms with van der Waals surface area (Å²) in [7, 11) is 7.29. The molecule has 8 nitrogen and oxygen atoms in total. The number of methoxy groups -OCH3 is 5. The van der Waals surface area contributed by atoms with Crippen molar-refractivity contribution >= 4 is 11.9 Å². The van der Waals surface area contributed by atoms with E-state index in [0.29, 0.717) is 23.7 Å². The molecule has 8 heteroatoms. The van der Waals surface area contributed by atoms with Crippen LogP contribution in [-0.4, -0.2) is 53.1 Å². The quantitative estimate of drug-likeness (QED) is 0.530. The largest absolute Gasteiger partial charge is 0.493 e. The van der Waals surface area contributed by atoms with E-state index < -0.39 is 34.5 Å². The summed E-state index contributed by atoms with van der Waals surface area (Å²) in [6, 6.07) is 1.91. The van der Waals surface area contributed by atoms with Gasteiger partial charge in [-0.05, 0) is 38.3 Å². The minimum absolute atomic E-state index is 0.217. The maximum Gasteiger partial charge on any atom is 0.323 e. The number of esters is 2. The van der Waals surface area contributed by atoms with Gasteiger partial charge in [-0.15, -0.1) is 0 Å². The number of ether oxygens (including phenoxy) is 6. The number of carbonyl (C=O) groups is 2. The molecule has 1 aromatic rings. The Morgan fingerprint density at radius 2 is 1.53 bits per heavy atom. The molecule has 2 heterocycles. The van der Waals surface area contributed by atoms with Gasteiger partial charge in [0.1, 0.15) is 0 Å². The topological polar surface area (TPSA) is 89.5 Å². The third-order valence-corrected chi connectivity index (χ3v) is 7.41. The van der Waals surface area contributed by atoms with Crippen molar-refractivity contribution in [3.63, 3.8) is 0 Å². The second kappa shape index (κ2) is 6.51. The second-order valence-corrected chi connectivity index (χ2v) is 8.59. The Morgan fingerprint density at radius 3 is 2.03 bits per heavy atom. The van der Waals surface area contributed by atoms with Crippen molar-refractivity contribution in [3.8, 4) is 17.2 Å². The van der Waals surface area contributed by atoms with Crippen LogP contribution in [0.5, 0.6) is 17.2 Å². The predicted molar refractivity (Wildman–Crippen MR) is 105 cm³/mol. The minimum atomic E-state index is -1.43. The van der Waals surface area contributed by atoms with E-state index in [4.69, 9.17) is 28.4 Å². The molecular formula is C22H28O8. The van der Waals surface area contributed by atoms with Gasteiger partial charge < -0.3 is 28.4 Å². The second-order valence-electron chi connectivity index (χ2n) is 8.59. The van der Waals surface area contributed by atoms with Crippen LogP contribution in [0, 0.1) is 11.3 Å². The average Bonchev–Trinajstić information content (AvgIpc) is 3.14. The number of benzene rings is 1. The van der Waals surface area contributed by atoms with Gasteiger partial charge in [-0.1, -0.05) is 0 Å². The highest BCUT2D eigenvalue weighted by molar-refractivity contribution is 6.01. The van der Waals surface area contributed by atoms with Gasteiger partial charge in [0, 0.05) is 17.4 Å². The molecule has 4 atom stereocenters. The summed E-state index contributed by atoms with van der Waals surface area (Å²) in [5.41, 5.74) is -1.17. The first kappa shape index (κ1) is 20.8. The Labute approximate surface area is 175 Å². The first-order valence-corrected chi connectivity index (χ1v) is 9.88. The Balaban J connectivity index is 2.02. The van der Waals surface area contributed by atoms with Crippen LogP contribution in [-0.2, 0) is 29.4 Å². The molecule has 164 valence electrons. The first-order valence-electron chi connectivity index (χ1n) is 9.88. The normalized spacial score (nSPS) is 32.2. The molecule has 1 saturated carbocycles. The van der Waals surface area contributed by atoms with Crippen molar-refractivity contribution in [1.82, 2.24) is 0 Å². The van der Waals surface area contributed by atoms with Crippen LogP contribution >= 0.6 is 0 Å². The number of hydrogen-bond donors (Lipinski definition) is 0. The van der Waals surface area contributed by atoms with E-state index >= 15 is 0 Å². The van der Waals surface area contributed by atoms with Gasteiger partial charge >= 0.3 is 11.9 Å². The molecule has 3 aliphatic rings. The average molecular weight is 420 g/mol. The fraction of sp³-hybridized carbons (Fsp3) is 0.636. The van der Waals surface area contributed by atoms with Gasteiger partial charge in [-0.25, -0.2) is 0 Å². The van der Waals surface area contributed by atoms with Crippen molar-refractivity contribution in [2.75, 3.05) is 35.5 Å². The Morgan fingerprint density at radius 1 is 0.933 bits per heavy atom. The monoisotopic (exact) mass is 420 g/mol. The standard InChI is InChI=1S/C22H28O8/c1-20-10-14-21(2,30-20)12(9-22(14,18(23)28-6)19(24)29-7)11-8-13(25-3)16(26-4)17(27-5)15(11)20/h8,12,14H,9-10H2,1-7H3/t12-,14+,20+,21+/m0/s1. The molecule has 1 aromatic carbocycles. The molecule has 4 rings (SSSR count). The molecule has 1 saturated heterocycles. The van der Waals surface area contributed by atoms with E-state index in [1.807, 2.05) is 19.9 Å². The molecule has 1 aliphatic carbocycles. The van der Waals surface area contributed by atoms with E-state index in [0.717, 1.165) is 11.1 Å².